The molecule has 2 aromatic carbocycles. The molecule has 0 atom stereocenters. The summed E-state index contributed by atoms with van der Waals surface area (Å²) in [6, 6.07) is 11.1. The predicted octanol–water partition coefficient (Wildman–Crippen LogP) is 4.03. The zero-order valence-electron chi connectivity index (χ0n) is 11.0. The molecule has 0 bridgehead atoms. The molecule has 0 heterocycles. The number of anilines is 1. The number of ether oxygens (including phenoxy) is 1. The molecule has 0 fully saturated rings. The average Bonchev–Trinajstić information content (AvgIpc) is 2.51. The van der Waals surface area contributed by atoms with Crippen molar-refractivity contribution >= 4 is 40.8 Å². The van der Waals surface area contributed by atoms with Crippen molar-refractivity contribution in [3.63, 3.8) is 0 Å². The van der Waals surface area contributed by atoms with Gasteiger partial charge in [-0.15, -0.1) is 0 Å². The predicted molar refractivity (Wildman–Crippen MR) is 82.2 cm³/mol. The molecule has 0 radical (unpaired) electrons. The molecular weight excluding hydrogens is 313 g/mol. The molecule has 4 nitrogen and oxygen atoms in total. The molecule has 2 rings (SSSR count). The van der Waals surface area contributed by atoms with E-state index in [-0.39, 0.29) is 5.02 Å². The highest BCUT2D eigenvalue weighted by molar-refractivity contribution is 6.44. The first-order valence-electron chi connectivity index (χ1n) is 5.96. The third-order valence-corrected chi connectivity index (χ3v) is 3.56. The normalized spacial score (nSPS) is 10.0. The SMILES string of the molecule is COC(=O)c1cccc(C(=O)Nc2cccc(Cl)c2Cl)c1. The number of benzene rings is 2. The van der Waals surface area contributed by atoms with Gasteiger partial charge in [-0.2, -0.15) is 0 Å². The lowest BCUT2D eigenvalue weighted by Crippen LogP contribution is -2.13. The quantitative estimate of drug-likeness (QED) is 0.867. The summed E-state index contributed by atoms with van der Waals surface area (Å²) in [6.07, 6.45) is 0. The van der Waals surface area contributed by atoms with Crippen LogP contribution >= 0.6 is 23.2 Å². The zero-order chi connectivity index (χ0) is 15.4. The van der Waals surface area contributed by atoms with Gasteiger partial charge in [-0.25, -0.2) is 4.79 Å². The van der Waals surface area contributed by atoms with Gasteiger partial charge in [-0.05, 0) is 30.3 Å². The van der Waals surface area contributed by atoms with Gasteiger partial charge in [0.1, 0.15) is 0 Å². The van der Waals surface area contributed by atoms with Crippen LogP contribution in [0.1, 0.15) is 20.7 Å². The van der Waals surface area contributed by atoms with E-state index < -0.39 is 11.9 Å². The van der Waals surface area contributed by atoms with Crippen LogP contribution in [0.2, 0.25) is 10.0 Å². The largest absolute Gasteiger partial charge is 0.465 e. The Morgan fingerprint density at radius 3 is 2.43 bits per heavy atom. The van der Waals surface area contributed by atoms with Crippen LogP contribution in [-0.4, -0.2) is 19.0 Å². The Kier molecular flexibility index (Phi) is 4.83. The minimum atomic E-state index is -0.509. The van der Waals surface area contributed by atoms with Crippen LogP contribution in [0.3, 0.4) is 0 Å². The molecule has 0 saturated carbocycles. The zero-order valence-corrected chi connectivity index (χ0v) is 12.5. The molecule has 0 aliphatic rings. The van der Waals surface area contributed by atoms with Crippen molar-refractivity contribution in [2.75, 3.05) is 12.4 Å². The second-order valence-corrected chi connectivity index (χ2v) is 4.91. The average molecular weight is 324 g/mol. The van der Waals surface area contributed by atoms with E-state index in [2.05, 4.69) is 10.1 Å². The number of carbonyl (C=O) groups excluding carboxylic acids is 2. The summed E-state index contributed by atoms with van der Waals surface area (Å²) in [5.74, 6) is -0.907. The second-order valence-electron chi connectivity index (χ2n) is 4.13. The molecule has 0 spiro atoms. The Morgan fingerprint density at radius 2 is 1.71 bits per heavy atom. The number of rotatable bonds is 3. The fourth-order valence-corrected chi connectivity index (χ4v) is 2.05. The van der Waals surface area contributed by atoms with E-state index in [1.807, 2.05) is 0 Å². The first-order valence-corrected chi connectivity index (χ1v) is 6.72. The number of methoxy groups -OCH3 is 1. The summed E-state index contributed by atoms with van der Waals surface area (Å²) in [7, 11) is 1.28. The van der Waals surface area contributed by atoms with Crippen LogP contribution in [0.25, 0.3) is 0 Å². The van der Waals surface area contributed by atoms with Gasteiger partial charge in [0.2, 0.25) is 0 Å². The van der Waals surface area contributed by atoms with Gasteiger partial charge in [0, 0.05) is 5.56 Å². The summed E-state index contributed by atoms with van der Waals surface area (Å²) in [5.41, 5.74) is 1.01. The standard InChI is InChI=1S/C15H11Cl2NO3/c1-21-15(20)10-5-2-4-9(8-10)14(19)18-12-7-3-6-11(16)13(12)17/h2-8H,1H3,(H,18,19). The second kappa shape index (κ2) is 6.61. The lowest BCUT2D eigenvalue weighted by atomic mass is 10.1. The van der Waals surface area contributed by atoms with Crippen LogP contribution in [0.5, 0.6) is 0 Å². The number of hydrogen-bond acceptors (Lipinski definition) is 3. The summed E-state index contributed by atoms with van der Waals surface area (Å²) < 4.78 is 4.61. The number of hydrogen-bond donors (Lipinski definition) is 1. The summed E-state index contributed by atoms with van der Waals surface area (Å²) in [5, 5.41) is 3.25. The minimum absolute atomic E-state index is 0.261. The van der Waals surface area contributed by atoms with Gasteiger partial charge < -0.3 is 10.1 Å². The Labute approximate surface area is 131 Å². The maximum absolute atomic E-state index is 12.2. The maximum atomic E-state index is 12.2. The molecule has 0 aliphatic carbocycles. The molecule has 1 N–H and O–H groups in total. The molecule has 0 aromatic heterocycles. The maximum Gasteiger partial charge on any atom is 0.337 e. The van der Waals surface area contributed by atoms with Crippen molar-refractivity contribution in [2.24, 2.45) is 0 Å². The summed E-state index contributed by atoms with van der Waals surface area (Å²) in [6.45, 7) is 0. The lowest BCUT2D eigenvalue weighted by molar-refractivity contribution is 0.0600. The smallest absolute Gasteiger partial charge is 0.337 e. The van der Waals surface area contributed by atoms with Crippen LogP contribution in [0.4, 0.5) is 5.69 Å². The van der Waals surface area contributed by atoms with Gasteiger partial charge in [-0.1, -0.05) is 35.3 Å². The number of carbonyl (C=O) groups is 2. The van der Waals surface area contributed by atoms with E-state index in [0.29, 0.717) is 21.8 Å². The molecule has 21 heavy (non-hydrogen) atoms. The number of amides is 1. The van der Waals surface area contributed by atoms with Crippen molar-refractivity contribution < 1.29 is 14.3 Å². The van der Waals surface area contributed by atoms with E-state index in [9.17, 15) is 9.59 Å². The van der Waals surface area contributed by atoms with Gasteiger partial charge in [0.15, 0.2) is 0 Å². The van der Waals surface area contributed by atoms with Crippen LogP contribution in [0.15, 0.2) is 42.5 Å². The highest BCUT2D eigenvalue weighted by atomic mass is 35.5. The summed E-state index contributed by atoms with van der Waals surface area (Å²) >= 11 is 11.9. The van der Waals surface area contributed by atoms with Crippen molar-refractivity contribution in [1.82, 2.24) is 0 Å². The topological polar surface area (TPSA) is 55.4 Å². The molecule has 0 saturated heterocycles. The molecule has 1 amide bonds. The first kappa shape index (κ1) is 15.4. The molecule has 2 aromatic rings. The highest BCUT2D eigenvalue weighted by Gasteiger charge is 2.12. The number of nitrogens with one attached hydrogen (secondary N) is 1. The Bertz CT molecular complexity index is 701. The number of esters is 1. The van der Waals surface area contributed by atoms with Crippen LogP contribution < -0.4 is 5.32 Å². The molecular formula is C15H11Cl2NO3. The van der Waals surface area contributed by atoms with Crippen molar-refractivity contribution in [1.29, 1.82) is 0 Å². The highest BCUT2D eigenvalue weighted by Crippen LogP contribution is 2.29. The molecule has 108 valence electrons. The Hall–Kier alpha value is -2.04. The van der Waals surface area contributed by atoms with Crippen molar-refractivity contribution in [3.8, 4) is 0 Å². The van der Waals surface area contributed by atoms with Gasteiger partial charge in [0.05, 0.1) is 28.4 Å². The van der Waals surface area contributed by atoms with Crippen molar-refractivity contribution in [2.45, 2.75) is 0 Å². The molecule has 0 unspecified atom stereocenters. The fraction of sp³-hybridized carbons (Fsp3) is 0.0667. The Balaban J connectivity index is 2.25. The van der Waals surface area contributed by atoms with E-state index in [1.165, 1.54) is 13.2 Å². The fourth-order valence-electron chi connectivity index (χ4n) is 1.70. The van der Waals surface area contributed by atoms with Crippen LogP contribution in [-0.2, 0) is 4.74 Å². The molecule has 6 heteroatoms. The van der Waals surface area contributed by atoms with Gasteiger partial charge in [0.25, 0.3) is 5.91 Å². The van der Waals surface area contributed by atoms with Gasteiger partial charge >= 0.3 is 5.97 Å². The van der Waals surface area contributed by atoms with Gasteiger partial charge in [-0.3, -0.25) is 4.79 Å². The molecule has 0 aliphatic heterocycles. The Morgan fingerprint density at radius 1 is 1.05 bits per heavy atom. The van der Waals surface area contributed by atoms with E-state index in [4.69, 9.17) is 23.2 Å². The van der Waals surface area contributed by atoms with Crippen LogP contribution in [0, 0.1) is 0 Å². The monoisotopic (exact) mass is 323 g/mol. The first-order chi connectivity index (χ1) is 10.0. The third-order valence-electron chi connectivity index (χ3n) is 2.75. The third kappa shape index (κ3) is 3.54. The lowest BCUT2D eigenvalue weighted by Gasteiger charge is -2.09. The minimum Gasteiger partial charge on any atom is -0.465 e. The van der Waals surface area contributed by atoms with Crippen molar-refractivity contribution in [3.05, 3.63) is 63.6 Å². The summed E-state index contributed by atoms with van der Waals surface area (Å²) in [4.78, 5) is 23.6. The van der Waals surface area contributed by atoms with E-state index in [0.717, 1.165) is 0 Å². The van der Waals surface area contributed by atoms with E-state index in [1.54, 1.807) is 36.4 Å². The van der Waals surface area contributed by atoms with E-state index >= 15 is 0 Å². The number of halogens is 2.